The SMILES string of the molecule is COC(=O)C1(NC(=O)C2(Br)SC=C(Br)C2Br)CCCCCC1. The molecule has 2 unspecified atom stereocenters. The average molecular weight is 520 g/mol. The van der Waals surface area contributed by atoms with Crippen molar-refractivity contribution in [3.63, 3.8) is 0 Å². The van der Waals surface area contributed by atoms with Crippen LogP contribution in [0.5, 0.6) is 0 Å². The number of alkyl halides is 2. The van der Waals surface area contributed by atoms with Crippen LogP contribution < -0.4 is 5.32 Å². The van der Waals surface area contributed by atoms with Gasteiger partial charge in [-0.2, -0.15) is 0 Å². The third kappa shape index (κ3) is 3.59. The summed E-state index contributed by atoms with van der Waals surface area (Å²) >= 11 is 11.9. The number of rotatable bonds is 3. The van der Waals surface area contributed by atoms with Gasteiger partial charge in [0.1, 0.15) is 5.54 Å². The molecule has 0 radical (unpaired) electrons. The van der Waals surface area contributed by atoms with Crippen LogP contribution in [0, 0.1) is 0 Å². The standard InChI is InChI=1S/C14H18Br3NO3S/c1-21-12(20)13(6-4-2-3-5-7-13)18-11(19)14(17)10(16)9(15)8-22-14/h8,10H,2-7H2,1H3,(H,18,19). The van der Waals surface area contributed by atoms with Crippen LogP contribution in [0.15, 0.2) is 9.89 Å². The molecule has 22 heavy (non-hydrogen) atoms. The highest BCUT2D eigenvalue weighted by molar-refractivity contribution is 9.16. The Balaban J connectivity index is 2.20. The Morgan fingerprint density at radius 2 is 1.91 bits per heavy atom. The lowest BCUT2D eigenvalue weighted by atomic mass is 9.90. The Hall–Kier alpha value is 0.470. The van der Waals surface area contributed by atoms with E-state index in [2.05, 4.69) is 53.1 Å². The molecule has 0 aromatic carbocycles. The smallest absolute Gasteiger partial charge is 0.331 e. The second-order valence-electron chi connectivity index (χ2n) is 5.57. The Morgan fingerprint density at radius 1 is 1.32 bits per heavy atom. The highest BCUT2D eigenvalue weighted by Gasteiger charge is 2.51. The first-order valence-electron chi connectivity index (χ1n) is 7.13. The molecule has 1 amide bonds. The number of carbonyl (C=O) groups is 2. The maximum absolute atomic E-state index is 12.9. The average Bonchev–Trinajstić information content (AvgIpc) is 2.72. The van der Waals surface area contributed by atoms with Crippen molar-refractivity contribution >= 4 is 71.4 Å². The van der Waals surface area contributed by atoms with Crippen LogP contribution in [0.2, 0.25) is 0 Å². The number of carbonyl (C=O) groups excluding carboxylic acids is 2. The second-order valence-corrected chi connectivity index (χ2v) is 10.3. The van der Waals surface area contributed by atoms with Gasteiger partial charge in [-0.15, -0.1) is 11.8 Å². The third-order valence-electron chi connectivity index (χ3n) is 4.11. The molecule has 1 N–H and O–H groups in total. The summed E-state index contributed by atoms with van der Waals surface area (Å²) in [4.78, 5) is 25.0. The van der Waals surface area contributed by atoms with Gasteiger partial charge in [0.05, 0.1) is 11.9 Å². The van der Waals surface area contributed by atoms with E-state index in [-0.39, 0.29) is 16.7 Å². The molecule has 1 saturated carbocycles. The summed E-state index contributed by atoms with van der Waals surface area (Å²) in [5.74, 6) is -0.558. The summed E-state index contributed by atoms with van der Waals surface area (Å²) < 4.78 is 5.02. The summed E-state index contributed by atoms with van der Waals surface area (Å²) in [6, 6.07) is 0. The predicted molar refractivity (Wildman–Crippen MR) is 99.6 cm³/mol. The minimum atomic E-state index is -0.911. The lowest BCUT2D eigenvalue weighted by Crippen LogP contribution is -2.59. The van der Waals surface area contributed by atoms with Crippen LogP contribution in [0.1, 0.15) is 38.5 Å². The quantitative estimate of drug-likeness (QED) is 0.345. The molecule has 0 aromatic heterocycles. The van der Waals surface area contributed by atoms with Gasteiger partial charge >= 0.3 is 5.97 Å². The molecular weight excluding hydrogens is 502 g/mol. The minimum absolute atomic E-state index is 0.189. The summed E-state index contributed by atoms with van der Waals surface area (Å²) in [6.07, 6.45) is 5.24. The fraction of sp³-hybridized carbons (Fsp3) is 0.714. The Kier molecular flexibility index (Phi) is 6.47. The third-order valence-corrected chi connectivity index (χ3v) is 10.3. The number of esters is 1. The van der Waals surface area contributed by atoms with Crippen LogP contribution in [-0.2, 0) is 14.3 Å². The molecule has 124 valence electrons. The van der Waals surface area contributed by atoms with Gasteiger partial charge in [-0.25, -0.2) is 4.79 Å². The van der Waals surface area contributed by atoms with Crippen molar-refractivity contribution < 1.29 is 14.3 Å². The van der Waals surface area contributed by atoms with Crippen molar-refractivity contribution in [1.82, 2.24) is 5.32 Å². The fourth-order valence-electron chi connectivity index (χ4n) is 2.82. The van der Waals surface area contributed by atoms with Crippen LogP contribution in [0.3, 0.4) is 0 Å². The zero-order valence-electron chi connectivity index (χ0n) is 12.2. The monoisotopic (exact) mass is 517 g/mol. The number of thioether (sulfide) groups is 1. The number of amides is 1. The molecule has 0 saturated heterocycles. The number of methoxy groups -OCH3 is 1. The molecule has 4 nitrogen and oxygen atoms in total. The molecule has 0 spiro atoms. The summed E-state index contributed by atoms with van der Waals surface area (Å²) in [5, 5.41) is 4.87. The number of halogens is 3. The Labute approximate surface area is 159 Å². The van der Waals surface area contributed by atoms with Gasteiger partial charge in [0.25, 0.3) is 0 Å². The maximum atomic E-state index is 12.9. The Morgan fingerprint density at radius 3 is 2.36 bits per heavy atom. The van der Waals surface area contributed by atoms with Crippen LogP contribution in [0.25, 0.3) is 0 Å². The van der Waals surface area contributed by atoms with Gasteiger partial charge < -0.3 is 10.1 Å². The minimum Gasteiger partial charge on any atom is -0.467 e. The number of nitrogens with one attached hydrogen (secondary N) is 1. The van der Waals surface area contributed by atoms with E-state index < -0.39 is 9.20 Å². The van der Waals surface area contributed by atoms with E-state index in [0.717, 1.165) is 30.2 Å². The highest BCUT2D eigenvalue weighted by Crippen LogP contribution is 2.51. The van der Waals surface area contributed by atoms with E-state index in [1.54, 1.807) is 0 Å². The molecular formula is C14H18Br3NO3S. The predicted octanol–water partition coefficient (Wildman–Crippen LogP) is 4.21. The molecule has 1 aliphatic carbocycles. The Bertz CT molecular complexity index is 492. The number of allylic oxidation sites excluding steroid dienone is 1. The van der Waals surface area contributed by atoms with E-state index in [1.807, 2.05) is 5.41 Å². The molecule has 1 heterocycles. The molecule has 0 bridgehead atoms. The lowest BCUT2D eigenvalue weighted by Gasteiger charge is -2.34. The van der Waals surface area contributed by atoms with E-state index >= 15 is 0 Å². The van der Waals surface area contributed by atoms with Crippen LogP contribution >= 0.6 is 59.6 Å². The van der Waals surface area contributed by atoms with E-state index in [4.69, 9.17) is 4.74 Å². The van der Waals surface area contributed by atoms with Crippen molar-refractivity contribution in [2.45, 2.75) is 52.5 Å². The van der Waals surface area contributed by atoms with Gasteiger partial charge in [0, 0.05) is 4.48 Å². The highest BCUT2D eigenvalue weighted by atomic mass is 79.9. The van der Waals surface area contributed by atoms with Gasteiger partial charge in [0.15, 0.2) is 3.66 Å². The normalized spacial score (nSPS) is 31.1. The molecule has 1 aliphatic heterocycles. The van der Waals surface area contributed by atoms with Gasteiger partial charge in [-0.1, -0.05) is 73.5 Å². The van der Waals surface area contributed by atoms with Crippen molar-refractivity contribution in [2.24, 2.45) is 0 Å². The van der Waals surface area contributed by atoms with E-state index in [0.29, 0.717) is 12.8 Å². The molecule has 0 aromatic rings. The largest absolute Gasteiger partial charge is 0.467 e. The number of ether oxygens (including phenoxy) is 1. The number of hydrogen-bond donors (Lipinski definition) is 1. The first kappa shape index (κ1) is 18.8. The second kappa shape index (κ2) is 7.57. The molecule has 2 atom stereocenters. The first-order chi connectivity index (χ1) is 10.4. The molecule has 2 aliphatic rings. The van der Waals surface area contributed by atoms with Crippen molar-refractivity contribution in [3.05, 3.63) is 9.89 Å². The summed E-state index contributed by atoms with van der Waals surface area (Å²) in [7, 11) is 1.38. The van der Waals surface area contributed by atoms with Crippen LogP contribution in [-0.4, -0.2) is 33.0 Å². The van der Waals surface area contributed by atoms with Gasteiger partial charge in [0.2, 0.25) is 5.91 Å². The maximum Gasteiger partial charge on any atom is 0.331 e. The van der Waals surface area contributed by atoms with Crippen molar-refractivity contribution in [1.29, 1.82) is 0 Å². The summed E-state index contributed by atoms with van der Waals surface area (Å²) in [5.41, 5.74) is -0.911. The van der Waals surface area contributed by atoms with Crippen molar-refractivity contribution in [2.75, 3.05) is 7.11 Å². The zero-order chi connectivity index (χ0) is 16.4. The number of hydrogen-bond acceptors (Lipinski definition) is 4. The topological polar surface area (TPSA) is 55.4 Å². The van der Waals surface area contributed by atoms with Gasteiger partial charge in [-0.05, 0) is 18.2 Å². The van der Waals surface area contributed by atoms with E-state index in [9.17, 15) is 9.59 Å². The van der Waals surface area contributed by atoms with Crippen LogP contribution in [0.4, 0.5) is 0 Å². The van der Waals surface area contributed by atoms with Crippen molar-refractivity contribution in [3.8, 4) is 0 Å². The zero-order valence-corrected chi connectivity index (χ0v) is 17.7. The summed E-state index contributed by atoms with van der Waals surface area (Å²) in [6.45, 7) is 0. The molecule has 1 fully saturated rings. The lowest BCUT2D eigenvalue weighted by molar-refractivity contribution is -0.151. The fourth-order valence-corrected chi connectivity index (χ4v) is 6.19. The van der Waals surface area contributed by atoms with E-state index in [1.165, 1.54) is 18.9 Å². The van der Waals surface area contributed by atoms with Gasteiger partial charge in [-0.3, -0.25) is 4.79 Å². The molecule has 2 rings (SSSR count). The first-order valence-corrected chi connectivity index (χ1v) is 10.5. The molecule has 8 heteroatoms.